The van der Waals surface area contributed by atoms with Crippen LogP contribution in [-0.4, -0.2) is 23.3 Å². The largest absolute Gasteiger partial charge is 0.492 e. The Kier molecular flexibility index (Phi) is 3.52. The summed E-state index contributed by atoms with van der Waals surface area (Å²) in [5.41, 5.74) is -0.660. The Morgan fingerprint density at radius 2 is 2.11 bits per heavy atom. The summed E-state index contributed by atoms with van der Waals surface area (Å²) in [5.74, 6) is -4.24. The van der Waals surface area contributed by atoms with Crippen LogP contribution in [0, 0.1) is 11.6 Å². The molecule has 0 atom stereocenters. The molecule has 1 N–H and O–H groups in total. The average molecular weight is 334 g/mol. The molecule has 2 rings (SSSR count). The number of halogens is 3. The number of aromatic nitrogens is 1. The number of carbonyl (C=O) groups is 1. The van der Waals surface area contributed by atoms with E-state index in [1.165, 1.54) is 13.2 Å². The summed E-state index contributed by atoms with van der Waals surface area (Å²) in [4.78, 5) is 10.6. The standard InChI is InChI=1S/C11H6BrF2NO4/c1-18-10-5(12)2-4(8(13)9(10)14)7-3-6(11(16)17)15-19-7/h2-3H,1H3,(H,16,17). The Morgan fingerprint density at radius 3 is 2.63 bits per heavy atom. The number of methoxy groups -OCH3 is 1. The van der Waals surface area contributed by atoms with E-state index in [1.54, 1.807) is 0 Å². The average Bonchev–Trinajstić information content (AvgIpc) is 2.84. The number of aromatic carboxylic acids is 1. The van der Waals surface area contributed by atoms with Gasteiger partial charge in [-0.05, 0) is 22.0 Å². The number of nitrogens with zero attached hydrogens (tertiary/aromatic N) is 1. The van der Waals surface area contributed by atoms with Gasteiger partial charge >= 0.3 is 5.97 Å². The summed E-state index contributed by atoms with van der Waals surface area (Å²) in [6.07, 6.45) is 0. The molecule has 0 amide bonds. The van der Waals surface area contributed by atoms with Gasteiger partial charge in [-0.15, -0.1) is 0 Å². The van der Waals surface area contributed by atoms with Crippen LogP contribution in [0.5, 0.6) is 5.75 Å². The molecular weight excluding hydrogens is 328 g/mol. The predicted molar refractivity (Wildman–Crippen MR) is 63.1 cm³/mol. The fraction of sp³-hybridized carbons (Fsp3) is 0.0909. The molecule has 0 bridgehead atoms. The molecule has 0 aliphatic rings. The van der Waals surface area contributed by atoms with Gasteiger partial charge in [-0.3, -0.25) is 0 Å². The number of carboxylic acids is 1. The summed E-state index contributed by atoms with van der Waals surface area (Å²) < 4.78 is 37.0. The SMILES string of the molecule is COc1c(Br)cc(-c2cc(C(=O)O)no2)c(F)c1F. The van der Waals surface area contributed by atoms with Crippen molar-refractivity contribution in [3.63, 3.8) is 0 Å². The van der Waals surface area contributed by atoms with Gasteiger partial charge in [0.05, 0.1) is 17.1 Å². The van der Waals surface area contributed by atoms with Gasteiger partial charge in [0.2, 0.25) is 5.82 Å². The van der Waals surface area contributed by atoms with E-state index in [0.29, 0.717) is 0 Å². The van der Waals surface area contributed by atoms with Crippen LogP contribution in [0.25, 0.3) is 11.3 Å². The Hall–Kier alpha value is -1.96. The van der Waals surface area contributed by atoms with Crippen molar-refractivity contribution in [3.05, 3.63) is 33.9 Å². The van der Waals surface area contributed by atoms with E-state index in [4.69, 9.17) is 5.11 Å². The van der Waals surface area contributed by atoms with Crippen LogP contribution in [0.2, 0.25) is 0 Å². The normalized spacial score (nSPS) is 10.5. The zero-order chi connectivity index (χ0) is 14.2. The maximum absolute atomic E-state index is 13.8. The Balaban J connectivity index is 2.59. The topological polar surface area (TPSA) is 72.6 Å². The zero-order valence-corrected chi connectivity index (χ0v) is 11.0. The zero-order valence-electron chi connectivity index (χ0n) is 9.41. The molecule has 1 aromatic carbocycles. The lowest BCUT2D eigenvalue weighted by Crippen LogP contribution is -1.96. The first-order valence-electron chi connectivity index (χ1n) is 4.87. The lowest BCUT2D eigenvalue weighted by atomic mass is 10.1. The van der Waals surface area contributed by atoms with Gasteiger partial charge in [0.25, 0.3) is 0 Å². The minimum absolute atomic E-state index is 0.164. The van der Waals surface area contributed by atoms with Crippen molar-refractivity contribution in [2.75, 3.05) is 7.11 Å². The van der Waals surface area contributed by atoms with E-state index >= 15 is 0 Å². The van der Waals surface area contributed by atoms with Crippen molar-refractivity contribution in [1.82, 2.24) is 5.16 Å². The number of ether oxygens (including phenoxy) is 1. The Morgan fingerprint density at radius 1 is 1.42 bits per heavy atom. The molecule has 1 heterocycles. The molecule has 0 unspecified atom stereocenters. The van der Waals surface area contributed by atoms with Gasteiger partial charge in [0, 0.05) is 6.07 Å². The molecule has 0 radical (unpaired) electrons. The van der Waals surface area contributed by atoms with Crippen LogP contribution >= 0.6 is 15.9 Å². The summed E-state index contributed by atoms with van der Waals surface area (Å²) in [6.45, 7) is 0. The predicted octanol–water partition coefficient (Wildman–Crippen LogP) is 3.09. The third-order valence-electron chi connectivity index (χ3n) is 2.32. The highest BCUT2D eigenvalue weighted by atomic mass is 79.9. The Bertz CT molecular complexity index is 656. The highest BCUT2D eigenvalue weighted by Crippen LogP contribution is 2.36. The molecule has 100 valence electrons. The number of hydrogen-bond acceptors (Lipinski definition) is 4. The highest BCUT2D eigenvalue weighted by molar-refractivity contribution is 9.10. The maximum Gasteiger partial charge on any atom is 0.358 e. The van der Waals surface area contributed by atoms with Crippen LogP contribution in [0.1, 0.15) is 10.5 Å². The first kappa shape index (κ1) is 13.5. The smallest absolute Gasteiger partial charge is 0.358 e. The second-order valence-corrected chi connectivity index (χ2v) is 4.30. The van der Waals surface area contributed by atoms with Gasteiger partial charge in [-0.2, -0.15) is 4.39 Å². The molecule has 2 aromatic rings. The summed E-state index contributed by atoms with van der Waals surface area (Å²) >= 11 is 3.02. The molecule has 0 spiro atoms. The molecule has 5 nitrogen and oxygen atoms in total. The molecule has 0 aliphatic carbocycles. The molecule has 19 heavy (non-hydrogen) atoms. The monoisotopic (exact) mass is 333 g/mol. The van der Waals surface area contributed by atoms with E-state index in [1.807, 2.05) is 0 Å². The van der Waals surface area contributed by atoms with Crippen molar-refractivity contribution >= 4 is 21.9 Å². The summed E-state index contributed by atoms with van der Waals surface area (Å²) in [6, 6.07) is 2.21. The van der Waals surface area contributed by atoms with Crippen LogP contribution in [0.4, 0.5) is 8.78 Å². The molecule has 1 aromatic heterocycles. The summed E-state index contributed by atoms with van der Waals surface area (Å²) in [5, 5.41) is 11.9. The van der Waals surface area contributed by atoms with Crippen LogP contribution in [0.15, 0.2) is 21.1 Å². The fourth-order valence-electron chi connectivity index (χ4n) is 1.45. The maximum atomic E-state index is 13.8. The van der Waals surface area contributed by atoms with E-state index in [0.717, 1.165) is 6.07 Å². The molecule has 0 saturated heterocycles. The third-order valence-corrected chi connectivity index (χ3v) is 2.90. The second kappa shape index (κ2) is 4.96. The van der Waals surface area contributed by atoms with Crippen molar-refractivity contribution in [2.24, 2.45) is 0 Å². The minimum Gasteiger partial charge on any atom is -0.492 e. The molecule has 0 aliphatic heterocycles. The second-order valence-electron chi connectivity index (χ2n) is 3.45. The highest BCUT2D eigenvalue weighted by Gasteiger charge is 2.22. The van der Waals surface area contributed by atoms with E-state index in [2.05, 4.69) is 30.3 Å². The third kappa shape index (κ3) is 2.30. The van der Waals surface area contributed by atoms with Crippen molar-refractivity contribution < 1.29 is 27.9 Å². The van der Waals surface area contributed by atoms with Crippen LogP contribution < -0.4 is 4.74 Å². The van der Waals surface area contributed by atoms with Crippen molar-refractivity contribution in [2.45, 2.75) is 0 Å². The number of benzene rings is 1. The van der Waals surface area contributed by atoms with Gasteiger partial charge in [0.15, 0.2) is 23.0 Å². The van der Waals surface area contributed by atoms with E-state index < -0.39 is 23.3 Å². The lowest BCUT2D eigenvalue weighted by molar-refractivity contribution is 0.0686. The summed E-state index contributed by atoms with van der Waals surface area (Å²) in [7, 11) is 1.19. The lowest BCUT2D eigenvalue weighted by Gasteiger charge is -2.07. The van der Waals surface area contributed by atoms with Crippen LogP contribution in [-0.2, 0) is 0 Å². The van der Waals surface area contributed by atoms with E-state index in [9.17, 15) is 13.6 Å². The number of carboxylic acid groups (broad SMARTS) is 1. The fourth-order valence-corrected chi connectivity index (χ4v) is 2.01. The first-order chi connectivity index (χ1) is 8.95. The van der Waals surface area contributed by atoms with Gasteiger partial charge in [0.1, 0.15) is 0 Å². The minimum atomic E-state index is -1.33. The Labute approximate surface area is 113 Å². The number of hydrogen-bond donors (Lipinski definition) is 1. The first-order valence-corrected chi connectivity index (χ1v) is 5.67. The van der Waals surface area contributed by atoms with Gasteiger partial charge in [-0.1, -0.05) is 5.16 Å². The number of rotatable bonds is 3. The molecule has 0 fully saturated rings. The van der Waals surface area contributed by atoms with Crippen molar-refractivity contribution in [1.29, 1.82) is 0 Å². The quantitative estimate of drug-likeness (QED) is 0.874. The van der Waals surface area contributed by atoms with Crippen LogP contribution in [0.3, 0.4) is 0 Å². The van der Waals surface area contributed by atoms with Gasteiger partial charge < -0.3 is 14.4 Å². The van der Waals surface area contributed by atoms with Gasteiger partial charge in [-0.25, -0.2) is 9.18 Å². The molecular formula is C11H6BrF2NO4. The molecule has 8 heteroatoms. The molecule has 0 saturated carbocycles. The van der Waals surface area contributed by atoms with E-state index in [-0.39, 0.29) is 21.5 Å². The van der Waals surface area contributed by atoms with Crippen molar-refractivity contribution in [3.8, 4) is 17.1 Å².